The molecule has 0 aliphatic heterocycles. The Morgan fingerprint density at radius 2 is 0.941 bits per heavy atom. The minimum atomic E-state index is -0.591. The van der Waals surface area contributed by atoms with Crippen molar-refractivity contribution in [2.45, 2.75) is 85.9 Å². The van der Waals surface area contributed by atoms with Crippen molar-refractivity contribution in [1.82, 2.24) is 0 Å². The summed E-state index contributed by atoms with van der Waals surface area (Å²) in [6.45, 7) is 23.6. The molecule has 0 saturated carbocycles. The topological polar surface area (TPSA) is 71.1 Å². The molecule has 5 rings (SSSR count). The average molecular weight is 687 g/mol. The number of aryl methyl sites for hydroxylation is 4. The van der Waals surface area contributed by atoms with Crippen LogP contribution in [0.2, 0.25) is 0 Å². The van der Waals surface area contributed by atoms with Crippen molar-refractivity contribution in [1.29, 1.82) is 0 Å². The first-order chi connectivity index (χ1) is 24.2. The van der Waals surface area contributed by atoms with E-state index in [4.69, 9.17) is 18.9 Å². The Kier molecular flexibility index (Phi) is 11.2. The summed E-state index contributed by atoms with van der Waals surface area (Å²) >= 11 is 0. The van der Waals surface area contributed by atoms with E-state index in [0.717, 1.165) is 44.9 Å². The number of carbonyl (C=O) groups excluding carboxylic acids is 2. The summed E-state index contributed by atoms with van der Waals surface area (Å²) in [5, 5.41) is 0. The Balaban J connectivity index is 1.53. The highest BCUT2D eigenvalue weighted by Crippen LogP contribution is 2.57. The van der Waals surface area contributed by atoms with Crippen LogP contribution in [-0.2, 0) is 24.5 Å². The zero-order valence-electron chi connectivity index (χ0n) is 31.3. The molecule has 1 aliphatic carbocycles. The summed E-state index contributed by atoms with van der Waals surface area (Å²) in [4.78, 5) is 24.0. The van der Waals surface area contributed by atoms with Gasteiger partial charge >= 0.3 is 11.9 Å². The Labute approximate surface area is 303 Å². The maximum absolute atomic E-state index is 12.0. The summed E-state index contributed by atoms with van der Waals surface area (Å²) in [6.07, 6.45) is 0.556. The highest BCUT2D eigenvalue weighted by molar-refractivity contribution is 5.88. The number of carbonyl (C=O) groups is 2. The lowest BCUT2D eigenvalue weighted by molar-refractivity contribution is -0.144. The van der Waals surface area contributed by atoms with Crippen LogP contribution in [0.15, 0.2) is 97.1 Å². The second kappa shape index (κ2) is 15.4. The molecule has 1 aliphatic rings. The van der Waals surface area contributed by atoms with Gasteiger partial charge in [-0.25, -0.2) is 9.59 Å². The second-order valence-corrected chi connectivity index (χ2v) is 14.0. The SMILES string of the molecule is C=C(C)C(=O)OC(C)CCOc1c(C)cc(C2(c3cc(C)c(OCCC(C)OC(=O)C(=C)C)c(C)c3)c3ccccc3-c3ccccc32)cc1C. The molecular formula is C45H50O6. The van der Waals surface area contributed by atoms with Gasteiger partial charge in [-0.1, -0.05) is 86.0 Å². The van der Waals surface area contributed by atoms with Gasteiger partial charge in [0, 0.05) is 24.0 Å². The summed E-state index contributed by atoms with van der Waals surface area (Å²) < 4.78 is 23.6. The number of fused-ring (bicyclic) bond motifs is 3. The molecule has 4 aromatic rings. The fraction of sp³-hybridized carbons (Fsp3) is 0.333. The molecule has 0 fully saturated rings. The van der Waals surface area contributed by atoms with Gasteiger partial charge in [0.1, 0.15) is 23.7 Å². The molecule has 0 aromatic heterocycles. The van der Waals surface area contributed by atoms with Crippen molar-refractivity contribution < 1.29 is 28.5 Å². The van der Waals surface area contributed by atoms with Gasteiger partial charge in [0.15, 0.2) is 0 Å². The summed E-state index contributed by atoms with van der Waals surface area (Å²) in [6, 6.07) is 26.4. The molecular weight excluding hydrogens is 636 g/mol. The quantitative estimate of drug-likeness (QED) is 0.0856. The molecule has 6 nitrogen and oxygen atoms in total. The highest BCUT2D eigenvalue weighted by atomic mass is 16.5. The van der Waals surface area contributed by atoms with Crippen molar-refractivity contribution in [3.8, 4) is 22.6 Å². The van der Waals surface area contributed by atoms with E-state index in [1.165, 1.54) is 22.3 Å². The van der Waals surface area contributed by atoms with Crippen molar-refractivity contribution >= 4 is 11.9 Å². The molecule has 0 amide bonds. The fourth-order valence-electron chi connectivity index (χ4n) is 7.15. The number of hydrogen-bond donors (Lipinski definition) is 0. The lowest BCUT2D eigenvalue weighted by atomic mass is 9.66. The summed E-state index contributed by atoms with van der Waals surface area (Å²) in [7, 11) is 0. The van der Waals surface area contributed by atoms with Crippen LogP contribution in [0.5, 0.6) is 11.5 Å². The molecule has 0 radical (unpaired) electrons. The molecule has 0 N–H and O–H groups in total. The lowest BCUT2D eigenvalue weighted by Gasteiger charge is -2.35. The van der Waals surface area contributed by atoms with Crippen LogP contribution in [0.1, 0.15) is 85.0 Å². The van der Waals surface area contributed by atoms with E-state index in [0.29, 0.717) is 37.2 Å². The van der Waals surface area contributed by atoms with Gasteiger partial charge in [-0.3, -0.25) is 0 Å². The third-order valence-electron chi connectivity index (χ3n) is 9.59. The molecule has 2 unspecified atom stereocenters. The average Bonchev–Trinajstić information content (AvgIpc) is 3.38. The minimum Gasteiger partial charge on any atom is -0.493 e. The molecule has 0 spiro atoms. The van der Waals surface area contributed by atoms with Crippen LogP contribution >= 0.6 is 0 Å². The normalized spacial score (nSPS) is 13.7. The fourth-order valence-corrected chi connectivity index (χ4v) is 7.15. The molecule has 2 atom stereocenters. The Bertz CT molecular complexity index is 1800. The maximum atomic E-state index is 12.0. The van der Waals surface area contributed by atoms with Crippen molar-refractivity contribution in [3.05, 3.63) is 142 Å². The van der Waals surface area contributed by atoms with Crippen LogP contribution in [0.4, 0.5) is 0 Å². The van der Waals surface area contributed by atoms with Crippen molar-refractivity contribution in [2.24, 2.45) is 0 Å². The largest absolute Gasteiger partial charge is 0.493 e. The van der Waals surface area contributed by atoms with E-state index in [1.54, 1.807) is 13.8 Å². The second-order valence-electron chi connectivity index (χ2n) is 14.0. The maximum Gasteiger partial charge on any atom is 0.333 e. The van der Waals surface area contributed by atoms with Crippen LogP contribution in [0.3, 0.4) is 0 Å². The van der Waals surface area contributed by atoms with Gasteiger partial charge in [0.25, 0.3) is 0 Å². The third kappa shape index (κ3) is 7.51. The Morgan fingerprint density at radius 3 is 1.27 bits per heavy atom. The van der Waals surface area contributed by atoms with Crippen LogP contribution in [0, 0.1) is 27.7 Å². The number of rotatable bonds is 14. The monoisotopic (exact) mass is 686 g/mol. The minimum absolute atomic E-state index is 0.287. The molecule has 51 heavy (non-hydrogen) atoms. The molecule has 0 bridgehead atoms. The summed E-state index contributed by atoms with van der Waals surface area (Å²) in [5.41, 5.74) is 11.5. The molecule has 266 valence electrons. The van der Waals surface area contributed by atoms with E-state index in [2.05, 4.69) is 114 Å². The van der Waals surface area contributed by atoms with Gasteiger partial charge < -0.3 is 18.9 Å². The van der Waals surface area contributed by atoms with E-state index >= 15 is 0 Å². The predicted molar refractivity (Wildman–Crippen MR) is 204 cm³/mol. The number of benzene rings is 4. The van der Waals surface area contributed by atoms with E-state index < -0.39 is 5.41 Å². The molecule has 4 aromatic carbocycles. The van der Waals surface area contributed by atoms with Gasteiger partial charge in [0.2, 0.25) is 0 Å². The van der Waals surface area contributed by atoms with E-state index in [9.17, 15) is 9.59 Å². The highest BCUT2D eigenvalue weighted by Gasteiger charge is 2.46. The van der Waals surface area contributed by atoms with Gasteiger partial charge in [-0.05, 0) is 111 Å². The zero-order chi connectivity index (χ0) is 37.0. The zero-order valence-corrected chi connectivity index (χ0v) is 31.3. The number of ether oxygens (including phenoxy) is 4. The van der Waals surface area contributed by atoms with Crippen LogP contribution in [0.25, 0.3) is 11.1 Å². The lowest BCUT2D eigenvalue weighted by Crippen LogP contribution is -2.29. The first kappa shape index (κ1) is 37.2. The van der Waals surface area contributed by atoms with Crippen molar-refractivity contribution in [3.63, 3.8) is 0 Å². The predicted octanol–water partition coefficient (Wildman–Crippen LogP) is 9.84. The van der Waals surface area contributed by atoms with Gasteiger partial charge in [0.05, 0.1) is 18.6 Å². The number of esters is 2. The van der Waals surface area contributed by atoms with Crippen LogP contribution < -0.4 is 9.47 Å². The van der Waals surface area contributed by atoms with Crippen molar-refractivity contribution in [2.75, 3.05) is 13.2 Å². The molecule has 0 saturated heterocycles. The first-order valence-corrected chi connectivity index (χ1v) is 17.7. The number of hydrogen-bond acceptors (Lipinski definition) is 6. The van der Waals surface area contributed by atoms with Crippen LogP contribution in [-0.4, -0.2) is 37.4 Å². The molecule has 0 heterocycles. The summed E-state index contributed by atoms with van der Waals surface area (Å²) in [5.74, 6) is 0.906. The van der Waals surface area contributed by atoms with E-state index in [-0.39, 0.29) is 24.1 Å². The third-order valence-corrected chi connectivity index (χ3v) is 9.59. The Morgan fingerprint density at radius 1 is 0.608 bits per heavy atom. The first-order valence-electron chi connectivity index (χ1n) is 17.7. The van der Waals surface area contributed by atoms with Gasteiger partial charge in [-0.2, -0.15) is 0 Å². The molecule has 6 heteroatoms. The standard InChI is InChI=1S/C45H50O6/c1-27(2)43(46)50-33(9)19-21-48-41-29(5)23-35(24-30(41)6)45(39-17-13-11-15-37(39)38-16-12-14-18-40(38)45)36-25-31(7)42(32(8)26-36)49-22-20-34(10)51-44(47)28(3)4/h11-18,23-26,33-34H,1,3,19-22H2,2,4-10H3. The van der Waals surface area contributed by atoms with E-state index in [1.807, 2.05) is 13.8 Å². The smallest absolute Gasteiger partial charge is 0.333 e. The van der Waals surface area contributed by atoms with Gasteiger partial charge in [-0.15, -0.1) is 0 Å². The Hall–Kier alpha value is -5.10.